The molecule has 0 spiro atoms. The molecular formula is C32H39FIN3O3. The first-order valence-electron chi connectivity index (χ1n) is 13.8. The van der Waals surface area contributed by atoms with Crippen molar-refractivity contribution in [2.24, 2.45) is 0 Å². The van der Waals surface area contributed by atoms with Gasteiger partial charge < -0.3 is 20.6 Å². The third kappa shape index (κ3) is 9.67. The number of carbonyl (C=O) groups is 2. The SMILES string of the molecule is CCCN(CCC)C(=O)c1cc(C)cc(C(=O)NC(Cc2ccc(F)cc2)[C@H](O)CNCc2cccc(I)c2)c1. The number of aryl methyl sites for hydroxylation is 1. The van der Waals surface area contributed by atoms with Crippen molar-refractivity contribution in [3.63, 3.8) is 0 Å². The van der Waals surface area contributed by atoms with Crippen molar-refractivity contribution < 1.29 is 19.1 Å². The number of carbonyl (C=O) groups excluding carboxylic acids is 2. The lowest BCUT2D eigenvalue weighted by molar-refractivity contribution is 0.0755. The number of aliphatic hydroxyl groups excluding tert-OH is 1. The topological polar surface area (TPSA) is 81.7 Å². The predicted octanol–water partition coefficient (Wildman–Crippen LogP) is 5.49. The molecule has 40 heavy (non-hydrogen) atoms. The first-order chi connectivity index (χ1) is 19.2. The van der Waals surface area contributed by atoms with Crippen LogP contribution in [0, 0.1) is 16.3 Å². The zero-order chi connectivity index (χ0) is 29.1. The van der Waals surface area contributed by atoms with Gasteiger partial charge in [-0.1, -0.05) is 38.1 Å². The number of hydrogen-bond donors (Lipinski definition) is 3. The van der Waals surface area contributed by atoms with Crippen molar-refractivity contribution in [1.29, 1.82) is 0 Å². The van der Waals surface area contributed by atoms with Gasteiger partial charge in [0.2, 0.25) is 0 Å². The number of nitrogens with one attached hydrogen (secondary N) is 2. The van der Waals surface area contributed by atoms with Crippen molar-refractivity contribution >= 4 is 34.4 Å². The second-order valence-electron chi connectivity index (χ2n) is 10.1. The normalized spacial score (nSPS) is 12.6. The first-order valence-corrected chi connectivity index (χ1v) is 14.9. The molecule has 214 valence electrons. The van der Waals surface area contributed by atoms with Gasteiger partial charge in [0, 0.05) is 40.9 Å². The van der Waals surface area contributed by atoms with Crippen LogP contribution in [-0.4, -0.2) is 53.6 Å². The Morgan fingerprint density at radius 2 is 1.62 bits per heavy atom. The molecule has 0 heterocycles. The van der Waals surface area contributed by atoms with Crippen LogP contribution in [0.25, 0.3) is 0 Å². The minimum absolute atomic E-state index is 0.0934. The van der Waals surface area contributed by atoms with Crippen molar-refractivity contribution in [3.8, 4) is 0 Å². The standard InChI is InChI=1S/C32H39FIN3O3/c1-4-13-37(14-5-2)32(40)26-16-22(3)15-25(19-26)31(39)36-29(18-23-9-11-27(33)12-10-23)30(38)21-35-20-24-7-6-8-28(34)17-24/h6-12,15-17,19,29-30,35,38H,4-5,13-14,18,20-21H2,1-3H3,(H,36,39)/t29?,30-/m1/s1. The third-order valence-electron chi connectivity index (χ3n) is 6.58. The van der Waals surface area contributed by atoms with Crippen molar-refractivity contribution in [3.05, 3.63) is 104 Å². The van der Waals surface area contributed by atoms with E-state index < -0.39 is 12.1 Å². The minimum atomic E-state index is -0.910. The van der Waals surface area contributed by atoms with E-state index in [0.29, 0.717) is 37.2 Å². The molecule has 0 aliphatic heterocycles. The predicted molar refractivity (Wildman–Crippen MR) is 166 cm³/mol. The van der Waals surface area contributed by atoms with E-state index in [0.717, 1.165) is 33.1 Å². The highest BCUT2D eigenvalue weighted by molar-refractivity contribution is 14.1. The fourth-order valence-electron chi connectivity index (χ4n) is 4.64. The Hall–Kier alpha value is -2.82. The molecule has 3 rings (SSSR count). The molecule has 0 saturated carbocycles. The summed E-state index contributed by atoms with van der Waals surface area (Å²) in [4.78, 5) is 28.5. The average molecular weight is 660 g/mol. The van der Waals surface area contributed by atoms with Gasteiger partial charge >= 0.3 is 0 Å². The lowest BCUT2D eigenvalue weighted by Crippen LogP contribution is -2.48. The number of halogens is 2. The van der Waals surface area contributed by atoms with Crippen LogP contribution in [0.1, 0.15) is 64.1 Å². The van der Waals surface area contributed by atoms with Crippen LogP contribution in [0.5, 0.6) is 0 Å². The molecule has 0 saturated heterocycles. The molecule has 0 aromatic heterocycles. The summed E-state index contributed by atoms with van der Waals surface area (Å²) in [6, 6.07) is 18.6. The molecule has 0 aliphatic rings. The summed E-state index contributed by atoms with van der Waals surface area (Å²) in [7, 11) is 0. The number of aliphatic hydroxyl groups is 1. The number of hydrogen-bond acceptors (Lipinski definition) is 4. The van der Waals surface area contributed by atoms with Crippen molar-refractivity contribution in [2.75, 3.05) is 19.6 Å². The summed E-state index contributed by atoms with van der Waals surface area (Å²) < 4.78 is 14.6. The zero-order valence-corrected chi connectivity index (χ0v) is 25.6. The Bertz CT molecular complexity index is 1260. The number of benzene rings is 3. The average Bonchev–Trinajstić information content (AvgIpc) is 2.93. The Morgan fingerprint density at radius 1 is 0.950 bits per heavy atom. The molecule has 2 amide bonds. The molecule has 8 heteroatoms. The fourth-order valence-corrected chi connectivity index (χ4v) is 5.25. The van der Waals surface area contributed by atoms with Gasteiger partial charge in [0.25, 0.3) is 11.8 Å². The van der Waals surface area contributed by atoms with Crippen LogP contribution >= 0.6 is 22.6 Å². The van der Waals surface area contributed by atoms with Gasteiger partial charge in [-0.25, -0.2) is 4.39 Å². The van der Waals surface area contributed by atoms with Crippen LogP contribution < -0.4 is 10.6 Å². The van der Waals surface area contributed by atoms with Gasteiger partial charge in [-0.15, -0.1) is 0 Å². The highest BCUT2D eigenvalue weighted by atomic mass is 127. The van der Waals surface area contributed by atoms with Gasteiger partial charge in [-0.2, -0.15) is 0 Å². The maximum atomic E-state index is 13.5. The van der Waals surface area contributed by atoms with E-state index in [-0.39, 0.29) is 24.2 Å². The number of nitrogens with zero attached hydrogens (tertiary/aromatic N) is 1. The maximum Gasteiger partial charge on any atom is 0.253 e. The van der Waals surface area contributed by atoms with Gasteiger partial charge in [0.1, 0.15) is 5.82 Å². The molecule has 1 unspecified atom stereocenters. The van der Waals surface area contributed by atoms with Crippen LogP contribution in [0.2, 0.25) is 0 Å². The van der Waals surface area contributed by atoms with Crippen LogP contribution in [-0.2, 0) is 13.0 Å². The van der Waals surface area contributed by atoms with E-state index in [1.54, 1.807) is 30.3 Å². The molecule has 3 N–H and O–H groups in total. The molecule has 0 aliphatic carbocycles. The minimum Gasteiger partial charge on any atom is -0.390 e. The summed E-state index contributed by atoms with van der Waals surface area (Å²) in [5.74, 6) is -0.815. The summed E-state index contributed by atoms with van der Waals surface area (Å²) >= 11 is 2.26. The second-order valence-corrected chi connectivity index (χ2v) is 11.4. The number of rotatable bonds is 14. The largest absolute Gasteiger partial charge is 0.390 e. The van der Waals surface area contributed by atoms with Crippen molar-refractivity contribution in [2.45, 2.75) is 58.7 Å². The lowest BCUT2D eigenvalue weighted by atomic mass is 9.99. The zero-order valence-electron chi connectivity index (χ0n) is 23.4. The highest BCUT2D eigenvalue weighted by Crippen LogP contribution is 2.15. The smallest absolute Gasteiger partial charge is 0.253 e. The van der Waals surface area contributed by atoms with E-state index >= 15 is 0 Å². The molecule has 0 fully saturated rings. The molecular weight excluding hydrogens is 620 g/mol. The molecule has 3 aromatic rings. The van der Waals surface area contributed by atoms with Gasteiger partial charge in [0.15, 0.2) is 0 Å². The highest BCUT2D eigenvalue weighted by Gasteiger charge is 2.24. The van der Waals surface area contributed by atoms with E-state index in [9.17, 15) is 19.1 Å². The van der Waals surface area contributed by atoms with E-state index in [4.69, 9.17) is 0 Å². The maximum absolute atomic E-state index is 13.5. The van der Waals surface area contributed by atoms with Crippen molar-refractivity contribution in [1.82, 2.24) is 15.5 Å². The first kappa shape index (κ1) is 31.7. The van der Waals surface area contributed by atoms with E-state index in [1.165, 1.54) is 12.1 Å². The molecule has 3 aromatic carbocycles. The third-order valence-corrected chi connectivity index (χ3v) is 7.25. The van der Waals surface area contributed by atoms with Crippen LogP contribution in [0.3, 0.4) is 0 Å². The van der Waals surface area contributed by atoms with Crippen LogP contribution in [0.4, 0.5) is 4.39 Å². The Kier molecular flexibility index (Phi) is 12.5. The van der Waals surface area contributed by atoms with Crippen LogP contribution in [0.15, 0.2) is 66.7 Å². The molecule has 2 atom stereocenters. The summed E-state index contributed by atoms with van der Waals surface area (Å²) in [6.07, 6.45) is 1.11. The lowest BCUT2D eigenvalue weighted by Gasteiger charge is -2.25. The summed E-state index contributed by atoms with van der Waals surface area (Å²) in [5, 5.41) is 17.4. The molecule has 0 bridgehead atoms. The van der Waals surface area contributed by atoms with Gasteiger partial charge in [0.05, 0.1) is 12.1 Å². The van der Waals surface area contributed by atoms with Gasteiger partial charge in [-0.3, -0.25) is 9.59 Å². The molecule has 0 radical (unpaired) electrons. The second kappa shape index (κ2) is 15.8. The Labute approximate surface area is 250 Å². The quantitative estimate of drug-likeness (QED) is 0.200. The van der Waals surface area contributed by atoms with E-state index in [2.05, 4.69) is 39.3 Å². The monoisotopic (exact) mass is 659 g/mol. The Balaban J connectivity index is 1.77. The van der Waals surface area contributed by atoms with Gasteiger partial charge in [-0.05, 0) is 108 Å². The van der Waals surface area contributed by atoms with E-state index in [1.807, 2.05) is 43.9 Å². The Morgan fingerprint density at radius 3 is 2.27 bits per heavy atom. The summed E-state index contributed by atoms with van der Waals surface area (Å²) in [5.41, 5.74) is 3.52. The fraction of sp³-hybridized carbons (Fsp3) is 0.375. The summed E-state index contributed by atoms with van der Waals surface area (Å²) in [6.45, 7) is 8.06. The molecule has 6 nitrogen and oxygen atoms in total. The number of amides is 2.